The molecule has 0 aliphatic heterocycles. The first kappa shape index (κ1) is 11.9. The highest BCUT2D eigenvalue weighted by Gasteiger charge is 2.11. The molecule has 0 aromatic carbocycles. The first-order valence-corrected chi connectivity index (χ1v) is 4.87. The van der Waals surface area contributed by atoms with Gasteiger partial charge < -0.3 is 9.84 Å². The van der Waals surface area contributed by atoms with Crippen molar-refractivity contribution < 1.29 is 9.84 Å². The smallest absolute Gasteiger partial charge is 0.0564 e. The van der Waals surface area contributed by atoms with Gasteiger partial charge in [0.25, 0.3) is 0 Å². The van der Waals surface area contributed by atoms with Gasteiger partial charge in [-0.15, -0.1) is 0 Å². The molecule has 0 aromatic heterocycles. The number of hydrogen-bond donors (Lipinski definition) is 1. The standard InChI is InChI=1S/C10H22O2/c1-5-10(11)9(4)6-7-12-8(2)3/h8-11H,5-7H2,1-4H3. The zero-order valence-corrected chi connectivity index (χ0v) is 8.71. The summed E-state index contributed by atoms with van der Waals surface area (Å²) in [5.74, 6) is 0.355. The minimum atomic E-state index is -0.166. The Kier molecular flexibility index (Phi) is 6.39. The van der Waals surface area contributed by atoms with Gasteiger partial charge in [-0.3, -0.25) is 0 Å². The van der Waals surface area contributed by atoms with Crippen LogP contribution >= 0.6 is 0 Å². The average molecular weight is 174 g/mol. The van der Waals surface area contributed by atoms with E-state index in [4.69, 9.17) is 4.74 Å². The predicted octanol–water partition coefficient (Wildman–Crippen LogP) is 2.21. The fourth-order valence-corrected chi connectivity index (χ4v) is 1.08. The molecule has 0 saturated carbocycles. The van der Waals surface area contributed by atoms with E-state index in [1.54, 1.807) is 0 Å². The Morgan fingerprint density at radius 3 is 2.25 bits per heavy atom. The molecular weight excluding hydrogens is 152 g/mol. The Bertz CT molecular complexity index is 102. The van der Waals surface area contributed by atoms with Crippen molar-refractivity contribution in [2.75, 3.05) is 6.61 Å². The Balaban J connectivity index is 3.37. The van der Waals surface area contributed by atoms with E-state index in [1.807, 2.05) is 20.8 Å². The summed E-state index contributed by atoms with van der Waals surface area (Å²) in [5, 5.41) is 9.44. The summed E-state index contributed by atoms with van der Waals surface area (Å²) in [6, 6.07) is 0. The van der Waals surface area contributed by atoms with Gasteiger partial charge in [0.05, 0.1) is 12.2 Å². The fraction of sp³-hybridized carbons (Fsp3) is 1.00. The molecule has 0 rings (SSSR count). The van der Waals surface area contributed by atoms with Crippen LogP contribution in [0.25, 0.3) is 0 Å². The minimum Gasteiger partial charge on any atom is -0.393 e. The number of hydrogen-bond acceptors (Lipinski definition) is 2. The minimum absolute atomic E-state index is 0.166. The van der Waals surface area contributed by atoms with Crippen molar-refractivity contribution in [1.29, 1.82) is 0 Å². The third-order valence-corrected chi connectivity index (χ3v) is 2.10. The third-order valence-electron chi connectivity index (χ3n) is 2.10. The van der Waals surface area contributed by atoms with Crippen LogP contribution in [0.4, 0.5) is 0 Å². The maximum Gasteiger partial charge on any atom is 0.0564 e. The van der Waals surface area contributed by atoms with Gasteiger partial charge in [0.2, 0.25) is 0 Å². The van der Waals surface area contributed by atoms with Crippen LogP contribution < -0.4 is 0 Å². The molecule has 1 N–H and O–H groups in total. The average Bonchev–Trinajstić information content (AvgIpc) is 2.02. The van der Waals surface area contributed by atoms with Crippen molar-refractivity contribution in [2.45, 2.75) is 52.7 Å². The zero-order valence-electron chi connectivity index (χ0n) is 8.71. The normalized spacial score (nSPS) is 16.5. The van der Waals surface area contributed by atoms with Crippen LogP contribution in [0.2, 0.25) is 0 Å². The summed E-state index contributed by atoms with van der Waals surface area (Å²) in [4.78, 5) is 0. The van der Waals surface area contributed by atoms with Gasteiger partial charge in [-0.25, -0.2) is 0 Å². The van der Waals surface area contributed by atoms with Crippen LogP contribution in [0.15, 0.2) is 0 Å². The molecule has 0 aliphatic rings. The van der Waals surface area contributed by atoms with E-state index in [9.17, 15) is 5.11 Å². The van der Waals surface area contributed by atoms with Crippen molar-refractivity contribution in [1.82, 2.24) is 0 Å². The summed E-state index contributed by atoms with van der Waals surface area (Å²) >= 11 is 0. The largest absolute Gasteiger partial charge is 0.393 e. The lowest BCUT2D eigenvalue weighted by Gasteiger charge is -2.17. The Morgan fingerprint density at radius 2 is 1.83 bits per heavy atom. The van der Waals surface area contributed by atoms with Crippen LogP contribution in [-0.2, 0) is 4.74 Å². The van der Waals surface area contributed by atoms with Crippen LogP contribution in [0, 0.1) is 5.92 Å². The third kappa shape index (κ3) is 5.56. The highest BCUT2D eigenvalue weighted by Crippen LogP contribution is 2.11. The fourth-order valence-electron chi connectivity index (χ4n) is 1.08. The van der Waals surface area contributed by atoms with E-state index in [0.717, 1.165) is 19.4 Å². The Labute approximate surface area is 75.9 Å². The van der Waals surface area contributed by atoms with Crippen LogP contribution in [0.5, 0.6) is 0 Å². The van der Waals surface area contributed by atoms with Crippen LogP contribution in [0.3, 0.4) is 0 Å². The van der Waals surface area contributed by atoms with Crippen molar-refractivity contribution in [3.63, 3.8) is 0 Å². The second kappa shape index (κ2) is 6.44. The van der Waals surface area contributed by atoms with Crippen molar-refractivity contribution >= 4 is 0 Å². The summed E-state index contributed by atoms with van der Waals surface area (Å²) in [7, 11) is 0. The second-order valence-corrected chi connectivity index (χ2v) is 3.66. The molecule has 0 heterocycles. The lowest BCUT2D eigenvalue weighted by atomic mass is 10.00. The van der Waals surface area contributed by atoms with Crippen molar-refractivity contribution in [3.05, 3.63) is 0 Å². The van der Waals surface area contributed by atoms with Gasteiger partial charge >= 0.3 is 0 Å². The van der Waals surface area contributed by atoms with E-state index < -0.39 is 0 Å². The van der Waals surface area contributed by atoms with E-state index in [-0.39, 0.29) is 6.10 Å². The van der Waals surface area contributed by atoms with E-state index in [1.165, 1.54) is 0 Å². The van der Waals surface area contributed by atoms with Gasteiger partial charge in [0, 0.05) is 6.61 Å². The summed E-state index contributed by atoms with van der Waals surface area (Å²) < 4.78 is 5.40. The molecule has 0 aromatic rings. The highest BCUT2D eigenvalue weighted by atomic mass is 16.5. The molecule has 0 saturated heterocycles. The zero-order chi connectivity index (χ0) is 9.56. The maximum atomic E-state index is 9.44. The maximum absolute atomic E-state index is 9.44. The molecule has 2 nitrogen and oxygen atoms in total. The molecular formula is C10H22O2. The second-order valence-electron chi connectivity index (χ2n) is 3.66. The topological polar surface area (TPSA) is 29.5 Å². The molecule has 74 valence electrons. The Morgan fingerprint density at radius 1 is 1.25 bits per heavy atom. The van der Waals surface area contributed by atoms with Crippen LogP contribution in [0.1, 0.15) is 40.5 Å². The molecule has 2 heteroatoms. The molecule has 0 bridgehead atoms. The molecule has 12 heavy (non-hydrogen) atoms. The van der Waals surface area contributed by atoms with Crippen LogP contribution in [-0.4, -0.2) is 23.9 Å². The van der Waals surface area contributed by atoms with Gasteiger partial charge in [0.15, 0.2) is 0 Å². The van der Waals surface area contributed by atoms with Crippen molar-refractivity contribution in [2.24, 2.45) is 5.92 Å². The van der Waals surface area contributed by atoms with Gasteiger partial charge in [-0.1, -0.05) is 13.8 Å². The lowest BCUT2D eigenvalue weighted by Crippen LogP contribution is -2.18. The molecule has 0 aliphatic carbocycles. The van der Waals surface area contributed by atoms with Gasteiger partial charge in [-0.2, -0.15) is 0 Å². The van der Waals surface area contributed by atoms with Gasteiger partial charge in [-0.05, 0) is 32.6 Å². The first-order valence-electron chi connectivity index (χ1n) is 4.87. The lowest BCUT2D eigenvalue weighted by molar-refractivity contribution is 0.0438. The van der Waals surface area contributed by atoms with E-state index in [0.29, 0.717) is 12.0 Å². The van der Waals surface area contributed by atoms with Gasteiger partial charge in [0.1, 0.15) is 0 Å². The Hall–Kier alpha value is -0.0800. The number of rotatable bonds is 6. The van der Waals surface area contributed by atoms with E-state index >= 15 is 0 Å². The number of aliphatic hydroxyl groups excluding tert-OH is 1. The highest BCUT2D eigenvalue weighted by molar-refractivity contribution is 4.62. The summed E-state index contributed by atoms with van der Waals surface area (Å²) in [6.07, 6.45) is 1.92. The number of ether oxygens (including phenoxy) is 1. The van der Waals surface area contributed by atoms with E-state index in [2.05, 4.69) is 6.92 Å². The molecule has 0 radical (unpaired) electrons. The summed E-state index contributed by atoms with van der Waals surface area (Å²) in [5.41, 5.74) is 0. The SMILES string of the molecule is CCC(O)C(C)CCOC(C)C. The molecule has 2 atom stereocenters. The molecule has 0 spiro atoms. The number of aliphatic hydroxyl groups is 1. The molecule has 0 amide bonds. The molecule has 2 unspecified atom stereocenters. The first-order chi connectivity index (χ1) is 5.57. The molecule has 0 fully saturated rings. The monoisotopic (exact) mass is 174 g/mol. The predicted molar refractivity (Wildman–Crippen MR) is 51.2 cm³/mol. The quantitative estimate of drug-likeness (QED) is 0.669. The summed E-state index contributed by atoms with van der Waals surface area (Å²) in [6.45, 7) is 8.89. The van der Waals surface area contributed by atoms with Crippen molar-refractivity contribution in [3.8, 4) is 0 Å².